The molecule has 0 spiro atoms. The van der Waals surface area contributed by atoms with E-state index in [1.165, 1.54) is 0 Å². The molecule has 0 aliphatic carbocycles. The van der Waals surface area contributed by atoms with E-state index in [-0.39, 0.29) is 5.57 Å². The number of aliphatic carboxylic acids is 1. The summed E-state index contributed by atoms with van der Waals surface area (Å²) in [5.74, 6) is -2.29. The second kappa shape index (κ2) is 4.24. The van der Waals surface area contributed by atoms with Crippen molar-refractivity contribution in [3.05, 3.63) is 24.3 Å². The Kier molecular flexibility index (Phi) is 3.61. The van der Waals surface area contributed by atoms with Crippen LogP contribution in [0.15, 0.2) is 24.3 Å². The van der Waals surface area contributed by atoms with Crippen molar-refractivity contribution in [1.29, 1.82) is 0 Å². The molecular formula is C6H6O5. The lowest BCUT2D eigenvalue weighted by Crippen LogP contribution is -2.02. The lowest BCUT2D eigenvalue weighted by Gasteiger charge is -1.91. The number of carboxylic acids is 1. The molecule has 0 aromatic rings. The number of hydrogen-bond donors (Lipinski definition) is 2. The Morgan fingerprint density at radius 3 is 2.27 bits per heavy atom. The highest BCUT2D eigenvalue weighted by atomic mass is 17.1. The fourth-order valence-electron chi connectivity index (χ4n) is 0.299. The van der Waals surface area contributed by atoms with Crippen molar-refractivity contribution in [2.75, 3.05) is 0 Å². The first-order valence-electron chi connectivity index (χ1n) is 2.53. The summed E-state index contributed by atoms with van der Waals surface area (Å²) in [6.45, 7) is 3.11. The highest BCUT2D eigenvalue weighted by Crippen LogP contribution is 1.94. The molecule has 5 nitrogen and oxygen atoms in total. The summed E-state index contributed by atoms with van der Waals surface area (Å²) in [6.07, 6.45) is 1.63. The van der Waals surface area contributed by atoms with Crippen LogP contribution in [0.4, 0.5) is 0 Å². The minimum absolute atomic E-state index is 0.241. The predicted molar refractivity (Wildman–Crippen MR) is 34.6 cm³/mol. The van der Waals surface area contributed by atoms with Gasteiger partial charge in [-0.15, -0.1) is 0 Å². The fourth-order valence-corrected chi connectivity index (χ4v) is 0.299. The van der Waals surface area contributed by atoms with E-state index >= 15 is 0 Å². The van der Waals surface area contributed by atoms with Crippen LogP contribution in [0.5, 0.6) is 0 Å². The molecule has 60 valence electrons. The number of rotatable bonds is 3. The molecule has 0 aromatic carbocycles. The molecule has 0 fully saturated rings. The topological polar surface area (TPSA) is 83.8 Å². The Morgan fingerprint density at radius 2 is 1.91 bits per heavy atom. The maximum atomic E-state index is 10.3. The second-order valence-electron chi connectivity index (χ2n) is 1.58. The molecule has 2 N–H and O–H groups in total. The summed E-state index contributed by atoms with van der Waals surface area (Å²) in [7, 11) is 0. The summed E-state index contributed by atoms with van der Waals surface area (Å²) in [6, 6.07) is 0. The molecule has 0 saturated carbocycles. The van der Waals surface area contributed by atoms with Gasteiger partial charge in [-0.2, -0.15) is 5.26 Å². The molecule has 0 heterocycles. The van der Waals surface area contributed by atoms with Gasteiger partial charge in [0.1, 0.15) is 0 Å². The van der Waals surface area contributed by atoms with Crippen LogP contribution >= 0.6 is 0 Å². The molecule has 0 amide bonds. The molecule has 0 aliphatic heterocycles. The third kappa shape index (κ3) is 3.88. The van der Waals surface area contributed by atoms with Gasteiger partial charge in [-0.05, 0) is 6.08 Å². The normalized spacial score (nSPS) is 9.55. The van der Waals surface area contributed by atoms with E-state index in [1.54, 1.807) is 0 Å². The predicted octanol–water partition coefficient (Wildman–Crippen LogP) is 0.200. The molecule has 5 heteroatoms. The number of carbonyl (C=O) groups excluding carboxylic acids is 1. The maximum Gasteiger partial charge on any atom is 0.372 e. The molecule has 0 atom stereocenters. The van der Waals surface area contributed by atoms with Crippen molar-refractivity contribution in [3.63, 3.8) is 0 Å². The molecule has 0 radical (unpaired) electrons. The van der Waals surface area contributed by atoms with Gasteiger partial charge in [-0.1, -0.05) is 6.58 Å². The van der Waals surface area contributed by atoms with E-state index in [9.17, 15) is 9.59 Å². The van der Waals surface area contributed by atoms with Gasteiger partial charge in [0, 0.05) is 6.08 Å². The third-order valence-electron chi connectivity index (χ3n) is 0.772. The summed E-state index contributed by atoms with van der Waals surface area (Å²) in [4.78, 5) is 23.4. The van der Waals surface area contributed by atoms with Crippen LogP contribution in [-0.2, 0) is 14.5 Å². The minimum atomic E-state index is -1.21. The Labute approximate surface area is 62.1 Å². The standard InChI is InChI=1S/C6H6O5/c1-4(6(9)11-10)2-3-5(7)8/h2-3,10H,1H2,(H,7,8). The van der Waals surface area contributed by atoms with Crippen molar-refractivity contribution >= 4 is 11.9 Å². The van der Waals surface area contributed by atoms with Crippen LogP contribution in [0.1, 0.15) is 0 Å². The van der Waals surface area contributed by atoms with E-state index in [2.05, 4.69) is 11.5 Å². The first-order valence-corrected chi connectivity index (χ1v) is 2.53. The Hall–Kier alpha value is -1.62. The van der Waals surface area contributed by atoms with E-state index in [1.807, 2.05) is 0 Å². The zero-order valence-electron chi connectivity index (χ0n) is 5.48. The van der Waals surface area contributed by atoms with Gasteiger partial charge in [0.2, 0.25) is 0 Å². The Morgan fingerprint density at radius 1 is 1.36 bits per heavy atom. The summed E-state index contributed by atoms with van der Waals surface area (Å²) < 4.78 is 0. The molecule has 0 bridgehead atoms. The Bertz CT molecular complexity index is 215. The van der Waals surface area contributed by atoms with Crippen LogP contribution in [0, 0.1) is 0 Å². The molecule has 0 rings (SSSR count). The number of carboxylic acid groups (broad SMARTS) is 1. The SMILES string of the molecule is C=C(C=CC(=O)O)C(=O)OO. The van der Waals surface area contributed by atoms with Gasteiger partial charge in [-0.25, -0.2) is 9.59 Å². The molecule has 0 aromatic heterocycles. The van der Waals surface area contributed by atoms with Crippen molar-refractivity contribution in [3.8, 4) is 0 Å². The number of carbonyl (C=O) groups is 2. The van der Waals surface area contributed by atoms with E-state index in [0.29, 0.717) is 6.08 Å². The van der Waals surface area contributed by atoms with Crippen molar-refractivity contribution in [2.45, 2.75) is 0 Å². The van der Waals surface area contributed by atoms with Crippen molar-refractivity contribution in [1.82, 2.24) is 0 Å². The van der Waals surface area contributed by atoms with Gasteiger partial charge in [-0.3, -0.25) is 4.89 Å². The van der Waals surface area contributed by atoms with Gasteiger partial charge in [0.05, 0.1) is 5.57 Å². The van der Waals surface area contributed by atoms with Gasteiger partial charge >= 0.3 is 11.9 Å². The van der Waals surface area contributed by atoms with Crippen LogP contribution in [0.25, 0.3) is 0 Å². The zero-order chi connectivity index (χ0) is 8.85. The first kappa shape index (κ1) is 9.38. The highest BCUT2D eigenvalue weighted by Gasteiger charge is 2.03. The molecule has 11 heavy (non-hydrogen) atoms. The van der Waals surface area contributed by atoms with Gasteiger partial charge < -0.3 is 5.11 Å². The Balaban J connectivity index is 4.08. The highest BCUT2D eigenvalue weighted by molar-refractivity contribution is 5.92. The van der Waals surface area contributed by atoms with Gasteiger partial charge in [0.15, 0.2) is 0 Å². The molecule has 0 aliphatic rings. The summed E-state index contributed by atoms with van der Waals surface area (Å²) in [5.41, 5.74) is -0.241. The van der Waals surface area contributed by atoms with E-state index in [4.69, 9.17) is 10.4 Å². The fraction of sp³-hybridized carbons (Fsp3) is 0. The van der Waals surface area contributed by atoms with Crippen LogP contribution in [0.2, 0.25) is 0 Å². The van der Waals surface area contributed by atoms with Crippen LogP contribution in [-0.4, -0.2) is 22.3 Å². The quantitative estimate of drug-likeness (QED) is 0.265. The third-order valence-corrected chi connectivity index (χ3v) is 0.772. The monoisotopic (exact) mass is 158 g/mol. The largest absolute Gasteiger partial charge is 0.478 e. The maximum absolute atomic E-state index is 10.3. The minimum Gasteiger partial charge on any atom is -0.478 e. The zero-order valence-corrected chi connectivity index (χ0v) is 5.48. The summed E-state index contributed by atoms with van der Waals surface area (Å²) >= 11 is 0. The molecule has 0 saturated heterocycles. The molecule has 0 unspecified atom stereocenters. The van der Waals surface area contributed by atoms with Crippen molar-refractivity contribution in [2.24, 2.45) is 0 Å². The van der Waals surface area contributed by atoms with E-state index in [0.717, 1.165) is 6.08 Å². The summed E-state index contributed by atoms with van der Waals surface area (Å²) in [5, 5.41) is 15.9. The van der Waals surface area contributed by atoms with Crippen LogP contribution < -0.4 is 0 Å². The number of hydrogen-bond acceptors (Lipinski definition) is 4. The van der Waals surface area contributed by atoms with Gasteiger partial charge in [0.25, 0.3) is 0 Å². The van der Waals surface area contributed by atoms with E-state index < -0.39 is 11.9 Å². The lowest BCUT2D eigenvalue weighted by molar-refractivity contribution is -0.228. The lowest BCUT2D eigenvalue weighted by atomic mass is 10.3. The first-order chi connectivity index (χ1) is 5.07. The average Bonchev–Trinajstić information content (AvgIpc) is 1.98. The van der Waals surface area contributed by atoms with Crippen molar-refractivity contribution < 1.29 is 24.8 Å². The molecular weight excluding hydrogens is 152 g/mol. The second-order valence-corrected chi connectivity index (χ2v) is 1.58. The smallest absolute Gasteiger partial charge is 0.372 e. The average molecular weight is 158 g/mol. The van der Waals surface area contributed by atoms with Crippen LogP contribution in [0.3, 0.4) is 0 Å².